The van der Waals surface area contributed by atoms with Crippen molar-refractivity contribution in [2.75, 3.05) is 33.2 Å². The van der Waals surface area contributed by atoms with Crippen molar-refractivity contribution in [3.05, 3.63) is 0 Å². The molecule has 122 valence electrons. The second-order valence-corrected chi connectivity index (χ2v) is 6.13. The van der Waals surface area contributed by atoms with Gasteiger partial charge in [0.1, 0.15) is 0 Å². The molecule has 0 spiro atoms. The van der Waals surface area contributed by atoms with Gasteiger partial charge in [0.15, 0.2) is 0 Å². The molecule has 1 saturated carbocycles. The third kappa shape index (κ3) is 4.43. The molecule has 1 fully saturated rings. The molecule has 21 heavy (non-hydrogen) atoms. The first-order valence-electron chi connectivity index (χ1n) is 8.24. The summed E-state index contributed by atoms with van der Waals surface area (Å²) in [5.41, 5.74) is 5.50. The van der Waals surface area contributed by atoms with Gasteiger partial charge in [-0.3, -0.25) is 9.59 Å². The van der Waals surface area contributed by atoms with E-state index in [2.05, 4.69) is 0 Å². The molecule has 2 N–H and O–H groups in total. The SMILES string of the molecule is CCN(CC)C(=O)CN(C)C(=O)C1(CN)CCCCCC1. The van der Waals surface area contributed by atoms with Crippen LogP contribution < -0.4 is 5.73 Å². The molecular weight excluding hydrogens is 266 g/mol. The third-order valence-electron chi connectivity index (χ3n) is 4.74. The van der Waals surface area contributed by atoms with E-state index in [4.69, 9.17) is 5.73 Å². The van der Waals surface area contributed by atoms with E-state index in [1.807, 2.05) is 13.8 Å². The Kier molecular flexibility index (Phi) is 7.15. The predicted molar refractivity (Wildman–Crippen MR) is 84.8 cm³/mol. The zero-order chi connectivity index (χ0) is 15.9. The fourth-order valence-electron chi connectivity index (χ4n) is 3.27. The van der Waals surface area contributed by atoms with Crippen LogP contribution in [0.25, 0.3) is 0 Å². The Morgan fingerprint density at radius 1 is 1.05 bits per heavy atom. The van der Waals surface area contributed by atoms with Gasteiger partial charge in [0.05, 0.1) is 12.0 Å². The Bertz CT molecular complexity index is 345. The van der Waals surface area contributed by atoms with Gasteiger partial charge in [-0.1, -0.05) is 25.7 Å². The molecule has 5 heteroatoms. The number of nitrogens with two attached hydrogens (primary N) is 1. The van der Waals surface area contributed by atoms with Crippen LogP contribution in [0.3, 0.4) is 0 Å². The summed E-state index contributed by atoms with van der Waals surface area (Å²) in [5.74, 6) is 0.0593. The van der Waals surface area contributed by atoms with Crippen LogP contribution in [0.5, 0.6) is 0 Å². The number of carbonyl (C=O) groups is 2. The van der Waals surface area contributed by atoms with Crippen LogP contribution in [0, 0.1) is 5.41 Å². The second-order valence-electron chi connectivity index (χ2n) is 6.13. The van der Waals surface area contributed by atoms with E-state index in [1.165, 1.54) is 12.8 Å². The lowest BCUT2D eigenvalue weighted by Gasteiger charge is -2.34. The molecule has 1 aliphatic carbocycles. The summed E-state index contributed by atoms with van der Waals surface area (Å²) in [6.45, 7) is 5.81. The van der Waals surface area contributed by atoms with Gasteiger partial charge in [-0.2, -0.15) is 0 Å². The maximum Gasteiger partial charge on any atom is 0.242 e. The molecule has 1 aliphatic rings. The molecule has 0 aliphatic heterocycles. The first-order valence-corrected chi connectivity index (χ1v) is 8.24. The fraction of sp³-hybridized carbons (Fsp3) is 0.875. The molecule has 1 rings (SSSR count). The minimum absolute atomic E-state index is 0.0108. The van der Waals surface area contributed by atoms with Crippen LogP contribution in [0.1, 0.15) is 52.4 Å². The molecule has 0 atom stereocenters. The van der Waals surface area contributed by atoms with E-state index in [-0.39, 0.29) is 18.4 Å². The maximum atomic E-state index is 12.8. The van der Waals surface area contributed by atoms with Crippen LogP contribution >= 0.6 is 0 Å². The van der Waals surface area contributed by atoms with Crippen molar-refractivity contribution in [2.45, 2.75) is 52.4 Å². The number of carbonyl (C=O) groups excluding carboxylic acids is 2. The van der Waals surface area contributed by atoms with Crippen molar-refractivity contribution < 1.29 is 9.59 Å². The smallest absolute Gasteiger partial charge is 0.242 e. The number of hydrogen-bond acceptors (Lipinski definition) is 3. The van der Waals surface area contributed by atoms with Gasteiger partial charge in [0, 0.05) is 26.7 Å². The quantitative estimate of drug-likeness (QED) is 0.757. The van der Waals surface area contributed by atoms with E-state index in [9.17, 15) is 9.59 Å². The standard InChI is InChI=1S/C16H31N3O2/c1-4-19(5-2)14(20)12-18(3)15(21)16(13-17)10-8-6-7-9-11-16/h4-13,17H2,1-3H3. The van der Waals surface area contributed by atoms with Crippen LogP contribution in [-0.2, 0) is 9.59 Å². The summed E-state index contributed by atoms with van der Waals surface area (Å²) in [6.07, 6.45) is 6.17. The number of amides is 2. The molecule has 0 saturated heterocycles. The van der Waals surface area contributed by atoms with Crippen molar-refractivity contribution in [3.8, 4) is 0 Å². The molecular formula is C16H31N3O2. The summed E-state index contributed by atoms with van der Waals surface area (Å²) in [7, 11) is 1.73. The molecule has 2 amide bonds. The maximum absolute atomic E-state index is 12.8. The summed E-state index contributed by atoms with van der Waals surface area (Å²) in [6, 6.07) is 0. The lowest BCUT2D eigenvalue weighted by molar-refractivity contribution is -0.146. The van der Waals surface area contributed by atoms with Gasteiger partial charge in [-0.25, -0.2) is 0 Å². The van der Waals surface area contributed by atoms with Crippen LogP contribution in [-0.4, -0.2) is 54.8 Å². The Balaban J connectivity index is 2.72. The van der Waals surface area contributed by atoms with Gasteiger partial charge in [0.2, 0.25) is 11.8 Å². The Morgan fingerprint density at radius 3 is 2.00 bits per heavy atom. The average molecular weight is 297 g/mol. The molecule has 0 bridgehead atoms. The van der Waals surface area contributed by atoms with Crippen molar-refractivity contribution in [1.82, 2.24) is 9.80 Å². The highest BCUT2D eigenvalue weighted by molar-refractivity contribution is 5.88. The van der Waals surface area contributed by atoms with Crippen molar-refractivity contribution >= 4 is 11.8 Å². The molecule has 0 aromatic heterocycles. The summed E-state index contributed by atoms with van der Waals surface area (Å²) < 4.78 is 0. The van der Waals surface area contributed by atoms with Crippen molar-refractivity contribution in [1.29, 1.82) is 0 Å². The molecule has 0 heterocycles. The first-order chi connectivity index (χ1) is 10.0. The number of likely N-dealkylation sites (N-methyl/N-ethyl adjacent to an activating group) is 2. The number of rotatable bonds is 6. The van der Waals surface area contributed by atoms with Gasteiger partial charge < -0.3 is 15.5 Å². The lowest BCUT2D eigenvalue weighted by Crippen LogP contribution is -2.49. The highest BCUT2D eigenvalue weighted by Gasteiger charge is 2.39. The summed E-state index contributed by atoms with van der Waals surface area (Å²) >= 11 is 0. The van der Waals surface area contributed by atoms with E-state index >= 15 is 0 Å². The van der Waals surface area contributed by atoms with Gasteiger partial charge >= 0.3 is 0 Å². The Morgan fingerprint density at radius 2 is 1.57 bits per heavy atom. The van der Waals surface area contributed by atoms with Gasteiger partial charge in [-0.15, -0.1) is 0 Å². The topological polar surface area (TPSA) is 66.6 Å². The third-order valence-corrected chi connectivity index (χ3v) is 4.74. The molecule has 0 unspecified atom stereocenters. The van der Waals surface area contributed by atoms with E-state index in [1.54, 1.807) is 16.8 Å². The Hall–Kier alpha value is -1.10. The molecule has 0 aromatic rings. The van der Waals surface area contributed by atoms with Crippen molar-refractivity contribution in [2.24, 2.45) is 11.1 Å². The summed E-state index contributed by atoms with van der Waals surface area (Å²) in [5, 5.41) is 0. The van der Waals surface area contributed by atoms with Crippen LogP contribution in [0.15, 0.2) is 0 Å². The predicted octanol–water partition coefficient (Wildman–Crippen LogP) is 1.61. The second kappa shape index (κ2) is 8.37. The fourth-order valence-corrected chi connectivity index (χ4v) is 3.27. The molecule has 5 nitrogen and oxygen atoms in total. The van der Waals surface area contributed by atoms with Crippen LogP contribution in [0.4, 0.5) is 0 Å². The largest absolute Gasteiger partial charge is 0.342 e. The van der Waals surface area contributed by atoms with Crippen molar-refractivity contribution in [3.63, 3.8) is 0 Å². The zero-order valence-corrected chi connectivity index (χ0v) is 13.9. The summed E-state index contributed by atoms with van der Waals surface area (Å²) in [4.78, 5) is 28.3. The van der Waals surface area contributed by atoms with Gasteiger partial charge in [-0.05, 0) is 26.7 Å². The zero-order valence-electron chi connectivity index (χ0n) is 13.9. The first kappa shape index (κ1) is 18.0. The number of nitrogens with zero attached hydrogens (tertiary/aromatic N) is 2. The average Bonchev–Trinajstić information content (AvgIpc) is 2.74. The van der Waals surface area contributed by atoms with Crippen LogP contribution in [0.2, 0.25) is 0 Å². The highest BCUT2D eigenvalue weighted by Crippen LogP contribution is 2.35. The molecule has 0 radical (unpaired) electrons. The number of hydrogen-bond donors (Lipinski definition) is 1. The minimum atomic E-state index is -0.450. The van der Waals surface area contributed by atoms with E-state index < -0.39 is 5.41 Å². The van der Waals surface area contributed by atoms with E-state index in [0.717, 1.165) is 25.7 Å². The van der Waals surface area contributed by atoms with Gasteiger partial charge in [0.25, 0.3) is 0 Å². The highest BCUT2D eigenvalue weighted by atomic mass is 16.2. The minimum Gasteiger partial charge on any atom is -0.342 e. The van der Waals surface area contributed by atoms with E-state index in [0.29, 0.717) is 19.6 Å². The molecule has 0 aromatic carbocycles. The normalized spacial score (nSPS) is 17.9. The lowest BCUT2D eigenvalue weighted by atomic mass is 9.79. The monoisotopic (exact) mass is 297 g/mol. The Labute approximate surface area is 128 Å².